The van der Waals surface area contributed by atoms with Crippen LogP contribution in [0.15, 0.2) is 30.6 Å². The average Bonchev–Trinajstić information content (AvgIpc) is 3.33. The van der Waals surface area contributed by atoms with E-state index in [1.165, 1.54) is 11.3 Å². The molecule has 142 valence electrons. The van der Waals surface area contributed by atoms with Gasteiger partial charge in [0, 0.05) is 51.5 Å². The second-order valence-corrected chi connectivity index (χ2v) is 7.25. The quantitative estimate of drug-likeness (QED) is 0.831. The van der Waals surface area contributed by atoms with E-state index in [4.69, 9.17) is 0 Å². The lowest BCUT2D eigenvalue weighted by Gasteiger charge is -2.32. The topological polar surface area (TPSA) is 61.4 Å². The average molecular weight is 416 g/mol. The van der Waals surface area contributed by atoms with Crippen molar-refractivity contribution in [2.45, 2.75) is 12.5 Å². The maximum atomic E-state index is 12.8. The summed E-state index contributed by atoms with van der Waals surface area (Å²) in [5, 5.41) is 4.18. The number of nitrogens with zero attached hydrogens (tertiary/aromatic N) is 4. The molecule has 0 radical (unpaired) electrons. The van der Waals surface area contributed by atoms with Gasteiger partial charge in [0.25, 0.3) is 5.91 Å². The third-order valence-corrected chi connectivity index (χ3v) is 5.73. The molecule has 1 unspecified atom stereocenters. The van der Waals surface area contributed by atoms with Crippen LogP contribution in [0.3, 0.4) is 0 Å². The minimum atomic E-state index is 0. The molecule has 2 aliphatic heterocycles. The van der Waals surface area contributed by atoms with E-state index in [-0.39, 0.29) is 30.7 Å². The number of hydrogen-bond donors (Lipinski definition) is 1. The molecule has 0 saturated carbocycles. The van der Waals surface area contributed by atoms with Gasteiger partial charge in [-0.05, 0) is 18.6 Å². The first-order chi connectivity index (χ1) is 11.8. The molecule has 1 amide bonds. The summed E-state index contributed by atoms with van der Waals surface area (Å²) in [5.74, 6) is 0.104. The van der Waals surface area contributed by atoms with Gasteiger partial charge in [0.2, 0.25) is 0 Å². The number of thiazole rings is 1. The number of carbonyl (C=O) groups excluding carboxylic acids is 1. The third kappa shape index (κ3) is 4.53. The van der Waals surface area contributed by atoms with E-state index in [1.54, 1.807) is 12.4 Å². The minimum Gasteiger partial charge on any atom is -0.336 e. The van der Waals surface area contributed by atoms with Gasteiger partial charge in [0.05, 0.1) is 11.9 Å². The molecule has 2 aromatic heterocycles. The zero-order chi connectivity index (χ0) is 16.4. The van der Waals surface area contributed by atoms with Gasteiger partial charge in [-0.3, -0.25) is 14.7 Å². The lowest BCUT2D eigenvalue weighted by molar-refractivity contribution is 0.0778. The molecular weight excluding hydrogens is 393 g/mol. The maximum Gasteiger partial charge on any atom is 0.265 e. The molecule has 2 aliphatic rings. The fourth-order valence-corrected chi connectivity index (χ4v) is 4.27. The molecular formula is C17H23Cl2N5OS. The number of rotatable bonds is 3. The summed E-state index contributed by atoms with van der Waals surface area (Å²) in [6.07, 6.45) is 4.50. The van der Waals surface area contributed by atoms with Crippen LogP contribution in [0.5, 0.6) is 0 Å². The lowest BCUT2D eigenvalue weighted by Crippen LogP contribution is -2.49. The van der Waals surface area contributed by atoms with Crippen LogP contribution < -0.4 is 5.32 Å². The van der Waals surface area contributed by atoms with Crippen LogP contribution in [0, 0.1) is 0 Å². The van der Waals surface area contributed by atoms with Gasteiger partial charge in [-0.2, -0.15) is 0 Å². The van der Waals surface area contributed by atoms with Crippen LogP contribution in [0.25, 0.3) is 10.7 Å². The minimum absolute atomic E-state index is 0. The zero-order valence-electron chi connectivity index (χ0n) is 14.3. The van der Waals surface area contributed by atoms with E-state index in [9.17, 15) is 4.79 Å². The first-order valence-electron chi connectivity index (χ1n) is 8.42. The molecule has 9 heteroatoms. The highest BCUT2D eigenvalue weighted by atomic mass is 35.5. The number of pyridine rings is 1. The Morgan fingerprint density at radius 3 is 2.69 bits per heavy atom. The summed E-state index contributed by atoms with van der Waals surface area (Å²) in [5.41, 5.74) is 0.821. The molecule has 26 heavy (non-hydrogen) atoms. The third-order valence-electron chi connectivity index (χ3n) is 4.72. The highest BCUT2D eigenvalue weighted by Gasteiger charge is 2.32. The number of amides is 1. The number of likely N-dealkylation sites (tertiary alicyclic amines) is 1. The lowest BCUT2D eigenvalue weighted by atomic mass is 10.2. The van der Waals surface area contributed by atoms with Crippen molar-refractivity contribution < 1.29 is 4.79 Å². The molecule has 2 aromatic rings. The van der Waals surface area contributed by atoms with Crippen molar-refractivity contribution in [3.63, 3.8) is 0 Å². The molecule has 6 nitrogen and oxygen atoms in total. The predicted octanol–water partition coefficient (Wildman–Crippen LogP) is 2.17. The Bertz CT molecular complexity index is 708. The summed E-state index contributed by atoms with van der Waals surface area (Å²) in [7, 11) is 0. The van der Waals surface area contributed by atoms with Gasteiger partial charge in [0.15, 0.2) is 0 Å². The Morgan fingerprint density at radius 2 is 1.96 bits per heavy atom. The Kier molecular flexibility index (Phi) is 7.79. The van der Waals surface area contributed by atoms with Crippen molar-refractivity contribution in [3.05, 3.63) is 35.5 Å². The Balaban J connectivity index is 0.00000121. The van der Waals surface area contributed by atoms with Crippen LogP contribution in [0.2, 0.25) is 0 Å². The van der Waals surface area contributed by atoms with Gasteiger partial charge in [-0.15, -0.1) is 36.2 Å². The summed E-state index contributed by atoms with van der Waals surface area (Å²) < 4.78 is 0. The van der Waals surface area contributed by atoms with Crippen molar-refractivity contribution >= 4 is 42.1 Å². The molecule has 0 bridgehead atoms. The Morgan fingerprint density at radius 1 is 1.15 bits per heavy atom. The number of hydrogen-bond acceptors (Lipinski definition) is 6. The monoisotopic (exact) mass is 415 g/mol. The summed E-state index contributed by atoms with van der Waals surface area (Å²) in [6, 6.07) is 6.23. The molecule has 1 N–H and O–H groups in total. The zero-order valence-corrected chi connectivity index (χ0v) is 16.8. The smallest absolute Gasteiger partial charge is 0.265 e. The fourth-order valence-electron chi connectivity index (χ4n) is 3.41. The summed E-state index contributed by atoms with van der Waals surface area (Å²) in [4.78, 5) is 26.6. The van der Waals surface area contributed by atoms with E-state index >= 15 is 0 Å². The number of aromatic nitrogens is 2. The van der Waals surface area contributed by atoms with Gasteiger partial charge in [-0.25, -0.2) is 4.98 Å². The Hall–Kier alpha value is -1.25. The SMILES string of the molecule is Cl.Cl.O=C(c1cnc(-c2ccccn2)s1)N1CCC(N2CCNCC2)C1. The predicted molar refractivity (Wildman–Crippen MR) is 109 cm³/mol. The number of carbonyl (C=O) groups is 1. The Labute approximate surface area is 169 Å². The van der Waals surface area contributed by atoms with Crippen molar-refractivity contribution in [2.75, 3.05) is 39.3 Å². The molecule has 2 saturated heterocycles. The van der Waals surface area contributed by atoms with E-state index in [1.807, 2.05) is 23.1 Å². The molecule has 0 spiro atoms. The van der Waals surface area contributed by atoms with Crippen molar-refractivity contribution in [1.82, 2.24) is 25.1 Å². The second kappa shape index (κ2) is 9.62. The van der Waals surface area contributed by atoms with Crippen LogP contribution in [0.1, 0.15) is 16.1 Å². The molecule has 2 fully saturated rings. The molecule has 0 aromatic carbocycles. The molecule has 4 heterocycles. The van der Waals surface area contributed by atoms with Gasteiger partial charge >= 0.3 is 0 Å². The van der Waals surface area contributed by atoms with Gasteiger partial charge in [0.1, 0.15) is 9.88 Å². The van der Waals surface area contributed by atoms with Crippen molar-refractivity contribution in [3.8, 4) is 10.7 Å². The highest BCUT2D eigenvalue weighted by molar-refractivity contribution is 7.16. The standard InChI is InChI=1S/C17H21N5OS.2ClH/c23-17(15-11-20-16(24-15)14-3-1-2-5-19-14)22-8-4-13(12-22)21-9-6-18-7-10-21;;/h1-3,5,11,13,18H,4,6-10,12H2;2*1H. The van der Waals surface area contributed by atoms with E-state index in [2.05, 4.69) is 20.2 Å². The van der Waals surface area contributed by atoms with E-state index in [0.717, 1.165) is 56.4 Å². The fraction of sp³-hybridized carbons (Fsp3) is 0.471. The molecule has 1 atom stereocenters. The maximum absolute atomic E-state index is 12.8. The largest absolute Gasteiger partial charge is 0.336 e. The molecule has 4 rings (SSSR count). The van der Waals surface area contributed by atoms with Crippen LogP contribution in [-0.2, 0) is 0 Å². The normalized spacial score (nSPS) is 20.3. The first kappa shape index (κ1) is 21.1. The van der Waals surface area contributed by atoms with E-state index < -0.39 is 0 Å². The molecule has 0 aliphatic carbocycles. The second-order valence-electron chi connectivity index (χ2n) is 6.22. The van der Waals surface area contributed by atoms with Crippen molar-refractivity contribution in [2.24, 2.45) is 0 Å². The van der Waals surface area contributed by atoms with Gasteiger partial charge < -0.3 is 10.2 Å². The summed E-state index contributed by atoms with van der Waals surface area (Å²) >= 11 is 1.43. The number of nitrogens with one attached hydrogen (secondary N) is 1. The highest BCUT2D eigenvalue weighted by Crippen LogP contribution is 2.26. The van der Waals surface area contributed by atoms with Crippen molar-refractivity contribution in [1.29, 1.82) is 0 Å². The number of halogens is 2. The first-order valence-corrected chi connectivity index (χ1v) is 9.24. The van der Waals surface area contributed by atoms with Crippen LogP contribution >= 0.6 is 36.2 Å². The summed E-state index contributed by atoms with van der Waals surface area (Å²) in [6.45, 7) is 5.92. The van der Waals surface area contributed by atoms with E-state index in [0.29, 0.717) is 10.9 Å². The van der Waals surface area contributed by atoms with Crippen LogP contribution in [-0.4, -0.2) is 71.0 Å². The number of piperazine rings is 1. The van der Waals surface area contributed by atoms with Gasteiger partial charge in [-0.1, -0.05) is 6.07 Å². The van der Waals surface area contributed by atoms with Crippen LogP contribution in [0.4, 0.5) is 0 Å².